The summed E-state index contributed by atoms with van der Waals surface area (Å²) in [6.07, 6.45) is 0. The number of para-hydroxylation sites is 2. The molecule has 0 aliphatic carbocycles. The number of phenolic OH excluding ortho intramolecular Hbond substituents is 1. The number of halogens is 1. The maximum atomic E-state index is 13.1. The van der Waals surface area contributed by atoms with E-state index in [4.69, 9.17) is 16.3 Å². The van der Waals surface area contributed by atoms with Gasteiger partial charge in [-0.1, -0.05) is 48.0 Å². The molecular formula is C25H20BaClN3O6S. The molecule has 2 radical (unpaired) electrons. The number of rotatable bonds is 6. The van der Waals surface area contributed by atoms with Crippen LogP contribution in [0.2, 0.25) is 5.02 Å². The third-order valence-corrected chi connectivity index (χ3v) is 6.66. The predicted octanol–water partition coefficient (Wildman–Crippen LogP) is 6.05. The van der Waals surface area contributed by atoms with Gasteiger partial charge >= 0.3 is 0 Å². The van der Waals surface area contributed by atoms with Crippen molar-refractivity contribution in [1.82, 2.24) is 0 Å². The maximum Gasteiger partial charge on any atom is 0.296 e. The number of nitrogens with one attached hydrogen (secondary N) is 1. The Kier molecular flexibility index (Phi) is 9.42. The number of aryl methyl sites for hydroxylation is 1. The number of nitrogens with zero attached hydrogens (tertiary/aromatic N) is 2. The SMILES string of the molecule is COc1ccccc1NC(=O)c1cc2ccccc2c(N=Nc2cc(Cl)c(C)cc2S(=O)(=O)O)c1O.[Ba]. The van der Waals surface area contributed by atoms with E-state index in [-0.39, 0.29) is 70.8 Å². The summed E-state index contributed by atoms with van der Waals surface area (Å²) < 4.78 is 38.6. The Balaban J connectivity index is 0.00000380. The molecule has 4 aromatic rings. The molecule has 0 atom stereocenters. The molecule has 0 saturated carbocycles. The van der Waals surface area contributed by atoms with Crippen LogP contribution in [0.25, 0.3) is 10.8 Å². The molecule has 4 rings (SSSR count). The Hall–Kier alpha value is -2.42. The van der Waals surface area contributed by atoms with Crippen LogP contribution in [0, 0.1) is 6.92 Å². The first kappa shape index (κ1) is 29.1. The number of hydrogen-bond acceptors (Lipinski definition) is 7. The number of fused-ring (bicyclic) bond motifs is 1. The molecular weight excluding hydrogens is 643 g/mol. The zero-order valence-electron chi connectivity index (χ0n) is 19.8. The molecule has 0 aromatic heterocycles. The number of carbonyl (C=O) groups excluding carboxylic acids is 1. The molecule has 12 heteroatoms. The van der Waals surface area contributed by atoms with Gasteiger partial charge in [0, 0.05) is 59.3 Å². The molecule has 0 unspecified atom stereocenters. The number of phenols is 1. The number of anilines is 1. The molecule has 0 heterocycles. The van der Waals surface area contributed by atoms with Crippen LogP contribution in [0.15, 0.2) is 81.9 Å². The Morgan fingerprint density at radius 2 is 1.70 bits per heavy atom. The van der Waals surface area contributed by atoms with Crippen LogP contribution in [0.3, 0.4) is 0 Å². The Morgan fingerprint density at radius 3 is 2.41 bits per heavy atom. The zero-order chi connectivity index (χ0) is 26.0. The van der Waals surface area contributed by atoms with Gasteiger partial charge in [0.1, 0.15) is 22.0 Å². The minimum absolute atomic E-state index is 0. The summed E-state index contributed by atoms with van der Waals surface area (Å²) in [4.78, 5) is 12.6. The van der Waals surface area contributed by atoms with E-state index < -0.39 is 26.7 Å². The van der Waals surface area contributed by atoms with Gasteiger partial charge in [-0.05, 0) is 48.2 Å². The van der Waals surface area contributed by atoms with E-state index in [1.54, 1.807) is 55.5 Å². The minimum atomic E-state index is -4.64. The van der Waals surface area contributed by atoms with E-state index in [2.05, 4.69) is 15.5 Å². The second-order valence-corrected chi connectivity index (χ2v) is 9.54. The quantitative estimate of drug-likeness (QED) is 0.131. The van der Waals surface area contributed by atoms with Crippen LogP contribution in [-0.4, -0.2) is 80.0 Å². The van der Waals surface area contributed by atoms with Crippen molar-refractivity contribution in [2.75, 3.05) is 12.4 Å². The summed E-state index contributed by atoms with van der Waals surface area (Å²) >= 11 is 6.12. The Morgan fingerprint density at radius 1 is 1.03 bits per heavy atom. The first-order valence-electron chi connectivity index (χ1n) is 10.5. The van der Waals surface area contributed by atoms with E-state index in [1.807, 2.05) is 0 Å². The van der Waals surface area contributed by atoms with Crippen LogP contribution in [0.5, 0.6) is 11.5 Å². The number of methoxy groups -OCH3 is 1. The number of azo groups is 1. The first-order chi connectivity index (χ1) is 17.1. The number of ether oxygens (including phenoxy) is 1. The monoisotopic (exact) mass is 663 g/mol. The number of amides is 1. The maximum absolute atomic E-state index is 13.1. The molecule has 0 aliphatic rings. The largest absolute Gasteiger partial charge is 0.505 e. The van der Waals surface area contributed by atoms with Crippen LogP contribution in [0.1, 0.15) is 15.9 Å². The third-order valence-electron chi connectivity index (χ3n) is 5.37. The van der Waals surface area contributed by atoms with Gasteiger partial charge in [0.2, 0.25) is 0 Å². The van der Waals surface area contributed by atoms with E-state index in [0.29, 0.717) is 27.8 Å². The second kappa shape index (κ2) is 12.0. The van der Waals surface area contributed by atoms with Crippen molar-refractivity contribution in [2.45, 2.75) is 11.8 Å². The molecule has 37 heavy (non-hydrogen) atoms. The van der Waals surface area contributed by atoms with Crippen molar-refractivity contribution < 1.29 is 27.6 Å². The van der Waals surface area contributed by atoms with E-state index >= 15 is 0 Å². The molecule has 186 valence electrons. The summed E-state index contributed by atoms with van der Waals surface area (Å²) in [6, 6.07) is 17.5. The fourth-order valence-corrected chi connectivity index (χ4v) is 4.41. The topological polar surface area (TPSA) is 138 Å². The van der Waals surface area contributed by atoms with Gasteiger partial charge in [-0.25, -0.2) is 0 Å². The second-order valence-electron chi connectivity index (χ2n) is 7.74. The van der Waals surface area contributed by atoms with Gasteiger partial charge in [0.15, 0.2) is 5.75 Å². The third kappa shape index (κ3) is 6.36. The summed E-state index contributed by atoms with van der Waals surface area (Å²) in [5, 5.41) is 23.0. The fourth-order valence-electron chi connectivity index (χ4n) is 3.56. The molecule has 0 saturated heterocycles. The van der Waals surface area contributed by atoms with Gasteiger partial charge in [0.25, 0.3) is 16.0 Å². The zero-order valence-corrected chi connectivity index (χ0v) is 25.8. The smallest absolute Gasteiger partial charge is 0.296 e. The molecule has 0 spiro atoms. The van der Waals surface area contributed by atoms with Crippen LogP contribution in [0.4, 0.5) is 17.1 Å². The predicted molar refractivity (Wildman–Crippen MR) is 142 cm³/mol. The van der Waals surface area contributed by atoms with Gasteiger partial charge in [0.05, 0.1) is 18.4 Å². The summed E-state index contributed by atoms with van der Waals surface area (Å²) in [7, 11) is -3.18. The standard InChI is InChI=1S/C25H20ClN3O6S.Ba/c1-14-11-22(36(32,33)34)20(13-18(14)26)28-29-23-16-8-4-3-7-15(16)12-17(24(23)30)25(31)27-19-9-5-6-10-21(19)35-2;/h3-13,30H,1-2H3,(H,27,31)(H,32,33,34);. The average Bonchev–Trinajstić information content (AvgIpc) is 2.84. The van der Waals surface area contributed by atoms with Crippen LogP contribution < -0.4 is 10.1 Å². The van der Waals surface area contributed by atoms with E-state index in [1.165, 1.54) is 25.3 Å². The summed E-state index contributed by atoms with van der Waals surface area (Å²) in [6.45, 7) is 1.57. The van der Waals surface area contributed by atoms with E-state index in [0.717, 1.165) is 0 Å². The van der Waals surface area contributed by atoms with Gasteiger partial charge in [-0.2, -0.15) is 8.42 Å². The molecule has 9 nitrogen and oxygen atoms in total. The molecule has 0 fully saturated rings. The van der Waals surface area contributed by atoms with Crippen molar-refractivity contribution >= 4 is 104 Å². The average molecular weight is 663 g/mol. The van der Waals surface area contributed by atoms with E-state index in [9.17, 15) is 22.9 Å². The van der Waals surface area contributed by atoms with Gasteiger partial charge < -0.3 is 15.2 Å². The van der Waals surface area contributed by atoms with Crippen LogP contribution in [-0.2, 0) is 10.1 Å². The summed E-state index contributed by atoms with van der Waals surface area (Å²) in [5.41, 5.74) is 0.404. The van der Waals surface area contributed by atoms with Crippen molar-refractivity contribution in [2.24, 2.45) is 10.2 Å². The van der Waals surface area contributed by atoms with Crippen molar-refractivity contribution in [1.29, 1.82) is 0 Å². The molecule has 3 N–H and O–H groups in total. The van der Waals surface area contributed by atoms with Crippen molar-refractivity contribution in [3.05, 3.63) is 82.9 Å². The van der Waals surface area contributed by atoms with Crippen molar-refractivity contribution in [3.8, 4) is 11.5 Å². The molecule has 1 amide bonds. The fraction of sp³-hybridized carbons (Fsp3) is 0.0800. The molecule has 0 aliphatic heterocycles. The number of benzene rings is 4. The van der Waals surface area contributed by atoms with Crippen molar-refractivity contribution in [3.63, 3.8) is 0 Å². The summed E-state index contributed by atoms with van der Waals surface area (Å²) in [5.74, 6) is -0.673. The first-order valence-corrected chi connectivity index (χ1v) is 12.3. The molecule has 4 aromatic carbocycles. The van der Waals surface area contributed by atoms with Gasteiger partial charge in [-0.15, -0.1) is 10.2 Å². The minimum Gasteiger partial charge on any atom is -0.505 e. The Labute approximate surface area is 258 Å². The number of hydrogen-bond donors (Lipinski definition) is 3. The molecule has 0 bridgehead atoms. The normalized spacial score (nSPS) is 11.4. The number of aromatic hydroxyl groups is 1. The van der Waals surface area contributed by atoms with Crippen LogP contribution >= 0.6 is 11.6 Å². The van der Waals surface area contributed by atoms with Gasteiger partial charge in [-0.3, -0.25) is 9.35 Å². The number of carbonyl (C=O) groups is 1. The Bertz CT molecular complexity index is 1640.